The number of halogens is 1. The lowest BCUT2D eigenvalue weighted by Crippen LogP contribution is -2.06. The van der Waals surface area contributed by atoms with Crippen molar-refractivity contribution in [2.24, 2.45) is 5.73 Å². The van der Waals surface area contributed by atoms with Gasteiger partial charge in [0.05, 0.1) is 6.61 Å². The molecule has 0 aliphatic rings. The monoisotopic (exact) mass is 311 g/mol. The third kappa shape index (κ3) is 5.69. The molecule has 1 rings (SSSR count). The van der Waals surface area contributed by atoms with E-state index in [9.17, 15) is 0 Å². The maximum Gasteiger partial charge on any atom is 0.122 e. The number of unbranched alkanes of at least 4 members (excludes halogenated alkanes) is 3. The average Bonchev–Trinajstić information content (AvgIpc) is 2.36. The van der Waals surface area contributed by atoms with Crippen molar-refractivity contribution in [1.82, 2.24) is 0 Å². The van der Waals surface area contributed by atoms with Crippen molar-refractivity contribution < 1.29 is 4.74 Å². The Hall–Kier alpha value is -0.800. The first kappa shape index (κ1) is 15.3. The minimum absolute atomic E-state index is 0.645. The van der Waals surface area contributed by atoms with Crippen LogP contribution in [0, 0.1) is 0 Å². The largest absolute Gasteiger partial charge is 0.493 e. The maximum absolute atomic E-state index is 5.82. The fourth-order valence-electron chi connectivity index (χ4n) is 1.79. The van der Waals surface area contributed by atoms with E-state index in [0.717, 1.165) is 36.1 Å². The fraction of sp³-hybridized carbons (Fsp3) is 0.467. The Balaban J connectivity index is 2.38. The Morgan fingerprint density at radius 3 is 2.83 bits per heavy atom. The number of ether oxygens (including phenoxy) is 1. The number of hydrogen-bond donors (Lipinski definition) is 1. The lowest BCUT2D eigenvalue weighted by molar-refractivity contribution is 0.302. The van der Waals surface area contributed by atoms with Gasteiger partial charge in [0.2, 0.25) is 0 Å². The Kier molecular flexibility index (Phi) is 7.78. The Morgan fingerprint density at radius 1 is 1.28 bits per heavy atom. The summed E-state index contributed by atoms with van der Waals surface area (Å²) in [7, 11) is 0. The fourth-order valence-corrected chi connectivity index (χ4v) is 2.20. The molecule has 0 aliphatic heterocycles. The van der Waals surface area contributed by atoms with E-state index in [2.05, 4.69) is 28.6 Å². The molecule has 0 radical (unpaired) electrons. The molecule has 1 aromatic rings. The van der Waals surface area contributed by atoms with E-state index in [-0.39, 0.29) is 0 Å². The number of hydrogen-bond acceptors (Lipinski definition) is 2. The van der Waals surface area contributed by atoms with Gasteiger partial charge in [-0.3, -0.25) is 0 Å². The standard InChI is InChI=1S/C15H22BrNO/c1-2-3-4-5-6-11-18-15-8-7-14(16)12-13(15)9-10-17/h2,7-8,12H,1,3-6,9-11,17H2. The zero-order chi connectivity index (χ0) is 13.2. The quantitative estimate of drug-likeness (QED) is 0.551. The summed E-state index contributed by atoms with van der Waals surface area (Å²) < 4.78 is 6.90. The molecule has 0 bridgehead atoms. The summed E-state index contributed by atoms with van der Waals surface area (Å²) in [5.41, 5.74) is 6.79. The van der Waals surface area contributed by atoms with E-state index < -0.39 is 0 Å². The van der Waals surface area contributed by atoms with Crippen LogP contribution in [0.5, 0.6) is 5.75 Å². The first-order chi connectivity index (χ1) is 8.77. The van der Waals surface area contributed by atoms with Gasteiger partial charge in [0.15, 0.2) is 0 Å². The Bertz CT molecular complexity index is 366. The topological polar surface area (TPSA) is 35.2 Å². The first-order valence-corrected chi connectivity index (χ1v) is 7.29. The highest BCUT2D eigenvalue weighted by molar-refractivity contribution is 9.10. The summed E-state index contributed by atoms with van der Waals surface area (Å²) in [4.78, 5) is 0. The van der Waals surface area contributed by atoms with Gasteiger partial charge in [-0.1, -0.05) is 22.0 Å². The van der Waals surface area contributed by atoms with Crippen LogP contribution in [0.3, 0.4) is 0 Å². The number of benzene rings is 1. The molecule has 0 amide bonds. The number of rotatable bonds is 9. The second-order valence-corrected chi connectivity index (χ2v) is 5.19. The molecule has 0 saturated heterocycles. The zero-order valence-electron chi connectivity index (χ0n) is 10.8. The van der Waals surface area contributed by atoms with Crippen LogP contribution in [0.1, 0.15) is 31.2 Å². The summed E-state index contributed by atoms with van der Waals surface area (Å²) >= 11 is 3.47. The van der Waals surface area contributed by atoms with Crippen molar-refractivity contribution in [3.05, 3.63) is 40.9 Å². The van der Waals surface area contributed by atoms with Gasteiger partial charge < -0.3 is 10.5 Å². The number of allylic oxidation sites excluding steroid dienone is 1. The van der Waals surface area contributed by atoms with Crippen LogP contribution in [0.2, 0.25) is 0 Å². The van der Waals surface area contributed by atoms with E-state index in [0.29, 0.717) is 6.54 Å². The molecule has 0 fully saturated rings. The van der Waals surface area contributed by atoms with Crippen LogP contribution < -0.4 is 10.5 Å². The van der Waals surface area contributed by atoms with Gasteiger partial charge in [-0.05, 0) is 62.4 Å². The van der Waals surface area contributed by atoms with E-state index in [1.54, 1.807) is 0 Å². The van der Waals surface area contributed by atoms with E-state index >= 15 is 0 Å². The van der Waals surface area contributed by atoms with Crippen LogP contribution in [0.25, 0.3) is 0 Å². The van der Waals surface area contributed by atoms with Crippen molar-refractivity contribution in [3.63, 3.8) is 0 Å². The molecule has 2 nitrogen and oxygen atoms in total. The van der Waals surface area contributed by atoms with Gasteiger partial charge in [-0.15, -0.1) is 6.58 Å². The molecule has 0 atom stereocenters. The summed E-state index contributed by atoms with van der Waals surface area (Å²) in [6, 6.07) is 6.10. The first-order valence-electron chi connectivity index (χ1n) is 6.50. The second-order valence-electron chi connectivity index (χ2n) is 4.28. The molecular weight excluding hydrogens is 290 g/mol. The molecule has 0 saturated carbocycles. The second kappa shape index (κ2) is 9.17. The van der Waals surface area contributed by atoms with Gasteiger partial charge in [0.25, 0.3) is 0 Å². The van der Waals surface area contributed by atoms with Gasteiger partial charge in [-0.25, -0.2) is 0 Å². The highest BCUT2D eigenvalue weighted by atomic mass is 79.9. The van der Waals surface area contributed by atoms with Crippen LogP contribution in [-0.4, -0.2) is 13.2 Å². The molecule has 0 unspecified atom stereocenters. The highest BCUT2D eigenvalue weighted by Gasteiger charge is 2.03. The van der Waals surface area contributed by atoms with Crippen LogP contribution in [-0.2, 0) is 6.42 Å². The molecule has 100 valence electrons. The summed E-state index contributed by atoms with van der Waals surface area (Å²) in [6.07, 6.45) is 7.39. The van der Waals surface area contributed by atoms with Gasteiger partial charge in [-0.2, -0.15) is 0 Å². The highest BCUT2D eigenvalue weighted by Crippen LogP contribution is 2.23. The molecule has 0 aromatic heterocycles. The summed E-state index contributed by atoms with van der Waals surface area (Å²) in [5, 5.41) is 0. The molecular formula is C15H22BrNO. The SMILES string of the molecule is C=CCCCCCOc1ccc(Br)cc1CCN. The predicted octanol–water partition coefficient (Wildman–Crippen LogP) is 4.08. The van der Waals surface area contributed by atoms with Crippen molar-refractivity contribution in [2.45, 2.75) is 32.1 Å². The zero-order valence-corrected chi connectivity index (χ0v) is 12.4. The Labute approximate surface area is 118 Å². The van der Waals surface area contributed by atoms with Gasteiger partial charge in [0.1, 0.15) is 5.75 Å². The van der Waals surface area contributed by atoms with Crippen molar-refractivity contribution in [3.8, 4) is 5.75 Å². The van der Waals surface area contributed by atoms with Gasteiger partial charge in [0, 0.05) is 4.47 Å². The predicted molar refractivity (Wildman–Crippen MR) is 81.1 cm³/mol. The Morgan fingerprint density at radius 2 is 2.11 bits per heavy atom. The molecule has 18 heavy (non-hydrogen) atoms. The normalized spacial score (nSPS) is 10.3. The summed E-state index contributed by atoms with van der Waals surface area (Å²) in [5.74, 6) is 0.965. The lowest BCUT2D eigenvalue weighted by atomic mass is 10.1. The van der Waals surface area contributed by atoms with Gasteiger partial charge >= 0.3 is 0 Å². The molecule has 0 heterocycles. The average molecular weight is 312 g/mol. The van der Waals surface area contributed by atoms with Crippen molar-refractivity contribution in [2.75, 3.05) is 13.2 Å². The van der Waals surface area contributed by atoms with E-state index in [1.807, 2.05) is 18.2 Å². The van der Waals surface area contributed by atoms with Crippen LogP contribution in [0.15, 0.2) is 35.3 Å². The summed E-state index contributed by atoms with van der Waals surface area (Å²) in [6.45, 7) is 5.14. The lowest BCUT2D eigenvalue weighted by Gasteiger charge is -2.11. The maximum atomic E-state index is 5.82. The molecule has 0 aliphatic carbocycles. The third-order valence-corrected chi connectivity index (χ3v) is 3.24. The molecule has 3 heteroatoms. The van der Waals surface area contributed by atoms with Crippen molar-refractivity contribution in [1.29, 1.82) is 0 Å². The van der Waals surface area contributed by atoms with E-state index in [4.69, 9.17) is 10.5 Å². The molecule has 1 aromatic carbocycles. The van der Waals surface area contributed by atoms with E-state index in [1.165, 1.54) is 18.4 Å². The minimum Gasteiger partial charge on any atom is -0.493 e. The smallest absolute Gasteiger partial charge is 0.122 e. The molecule has 2 N–H and O–H groups in total. The van der Waals surface area contributed by atoms with Crippen molar-refractivity contribution >= 4 is 15.9 Å². The third-order valence-electron chi connectivity index (χ3n) is 2.75. The molecule has 0 spiro atoms. The number of nitrogens with two attached hydrogens (primary N) is 1. The minimum atomic E-state index is 0.645. The van der Waals surface area contributed by atoms with Crippen LogP contribution in [0.4, 0.5) is 0 Å². The van der Waals surface area contributed by atoms with Crippen LogP contribution >= 0.6 is 15.9 Å².